The number of amides is 1. The van der Waals surface area contributed by atoms with Crippen molar-refractivity contribution in [1.29, 1.82) is 0 Å². The van der Waals surface area contributed by atoms with E-state index in [0.29, 0.717) is 17.9 Å². The molecule has 0 aromatic carbocycles. The summed E-state index contributed by atoms with van der Waals surface area (Å²) in [5.41, 5.74) is 0.734. The summed E-state index contributed by atoms with van der Waals surface area (Å²) >= 11 is 0. The maximum atomic E-state index is 12.7. The number of ether oxygens (including phenoxy) is 1. The number of carbonyl (C=O) groups is 1. The number of rotatable bonds is 5. The van der Waals surface area contributed by atoms with Crippen molar-refractivity contribution >= 4 is 5.91 Å². The summed E-state index contributed by atoms with van der Waals surface area (Å²) in [4.78, 5) is 19.3. The van der Waals surface area contributed by atoms with Crippen LogP contribution in [0.3, 0.4) is 0 Å². The van der Waals surface area contributed by atoms with Crippen LogP contribution in [-0.4, -0.2) is 48.6 Å². The van der Waals surface area contributed by atoms with Crippen LogP contribution in [-0.2, 0) is 4.79 Å². The van der Waals surface area contributed by atoms with Gasteiger partial charge in [0.05, 0.1) is 5.41 Å². The molecule has 5 nitrogen and oxygen atoms in total. The highest BCUT2D eigenvalue weighted by Crippen LogP contribution is 2.52. The first kappa shape index (κ1) is 16.2. The van der Waals surface area contributed by atoms with Crippen LogP contribution in [0.1, 0.15) is 32.3 Å². The van der Waals surface area contributed by atoms with Crippen molar-refractivity contribution in [3.63, 3.8) is 0 Å². The summed E-state index contributed by atoms with van der Waals surface area (Å²) < 4.78 is 5.79. The summed E-state index contributed by atoms with van der Waals surface area (Å²) in [5.74, 6) is 0.672. The molecule has 0 bridgehead atoms. The minimum atomic E-state index is -0.582. The van der Waals surface area contributed by atoms with Crippen LogP contribution in [0.15, 0.2) is 18.3 Å². The Hall–Kier alpha value is -1.62. The molecule has 126 valence electrons. The highest BCUT2D eigenvalue weighted by atomic mass is 16.5. The monoisotopic (exact) mass is 317 g/mol. The van der Waals surface area contributed by atoms with E-state index < -0.39 is 5.41 Å². The average molecular weight is 317 g/mol. The van der Waals surface area contributed by atoms with E-state index in [4.69, 9.17) is 4.74 Å². The van der Waals surface area contributed by atoms with Gasteiger partial charge in [0.15, 0.2) is 0 Å². The second-order valence-electron chi connectivity index (χ2n) is 7.88. The molecule has 1 unspecified atom stereocenters. The predicted octanol–water partition coefficient (Wildman–Crippen LogP) is 2.01. The van der Waals surface area contributed by atoms with Crippen LogP contribution in [0.5, 0.6) is 5.88 Å². The first-order valence-corrected chi connectivity index (χ1v) is 8.36. The molecule has 5 heteroatoms. The summed E-state index contributed by atoms with van der Waals surface area (Å²) in [7, 11) is 2.13. The van der Waals surface area contributed by atoms with Gasteiger partial charge in [-0.2, -0.15) is 0 Å². The van der Waals surface area contributed by atoms with Gasteiger partial charge in [-0.3, -0.25) is 4.79 Å². The molecule has 23 heavy (non-hydrogen) atoms. The van der Waals surface area contributed by atoms with E-state index in [9.17, 15) is 4.79 Å². The molecular formula is C18H27N3O2. The SMILES string of the molecule is Cc1cccnc1OCC(C)(C)C(=O)NC1CN(C)CC12CC2. The summed E-state index contributed by atoms with van der Waals surface area (Å²) in [6, 6.07) is 4.11. The number of carbonyl (C=O) groups excluding carboxylic acids is 1. The number of pyridine rings is 1. The van der Waals surface area contributed by atoms with Crippen molar-refractivity contribution in [1.82, 2.24) is 15.2 Å². The van der Waals surface area contributed by atoms with Crippen LogP contribution in [0.2, 0.25) is 0 Å². The third kappa shape index (κ3) is 3.34. The largest absolute Gasteiger partial charge is 0.476 e. The number of likely N-dealkylation sites (tertiary alicyclic amines) is 1. The van der Waals surface area contributed by atoms with E-state index in [1.54, 1.807) is 6.20 Å². The number of nitrogens with zero attached hydrogens (tertiary/aromatic N) is 2. The summed E-state index contributed by atoms with van der Waals surface area (Å²) in [6.07, 6.45) is 4.17. The maximum Gasteiger partial charge on any atom is 0.229 e. The lowest BCUT2D eigenvalue weighted by molar-refractivity contribution is -0.131. The Morgan fingerprint density at radius 1 is 1.52 bits per heavy atom. The Morgan fingerprint density at radius 2 is 2.26 bits per heavy atom. The molecule has 1 saturated heterocycles. The number of aryl methyl sites for hydroxylation is 1. The maximum absolute atomic E-state index is 12.7. The summed E-state index contributed by atoms with van der Waals surface area (Å²) in [6.45, 7) is 8.19. The lowest BCUT2D eigenvalue weighted by atomic mass is 9.91. The zero-order valence-electron chi connectivity index (χ0n) is 14.6. The third-order valence-corrected chi connectivity index (χ3v) is 5.16. The van der Waals surface area contributed by atoms with Gasteiger partial charge in [0, 0.05) is 36.3 Å². The zero-order chi connectivity index (χ0) is 16.7. The molecule has 1 N–H and O–H groups in total. The van der Waals surface area contributed by atoms with Crippen LogP contribution >= 0.6 is 0 Å². The average Bonchev–Trinajstić information content (AvgIpc) is 3.19. The van der Waals surface area contributed by atoms with Crippen LogP contribution < -0.4 is 10.1 Å². The molecule has 1 aliphatic heterocycles. The zero-order valence-corrected chi connectivity index (χ0v) is 14.6. The molecule has 1 atom stereocenters. The van der Waals surface area contributed by atoms with E-state index in [2.05, 4.69) is 22.2 Å². The first-order valence-electron chi connectivity index (χ1n) is 8.36. The molecule has 2 heterocycles. The minimum absolute atomic E-state index is 0.0673. The number of nitrogens with one attached hydrogen (secondary N) is 1. The number of hydrogen-bond acceptors (Lipinski definition) is 4. The normalized spacial score (nSPS) is 23.0. The van der Waals surface area contributed by atoms with E-state index in [1.807, 2.05) is 32.9 Å². The molecule has 1 spiro atoms. The minimum Gasteiger partial charge on any atom is -0.476 e. The topological polar surface area (TPSA) is 54.5 Å². The second kappa shape index (κ2) is 5.78. The quantitative estimate of drug-likeness (QED) is 0.902. The van der Waals surface area contributed by atoms with E-state index in [0.717, 1.165) is 18.7 Å². The van der Waals surface area contributed by atoms with Gasteiger partial charge >= 0.3 is 0 Å². The number of aromatic nitrogens is 1. The van der Waals surface area contributed by atoms with Crippen molar-refractivity contribution in [2.24, 2.45) is 10.8 Å². The molecule has 0 radical (unpaired) electrons. The van der Waals surface area contributed by atoms with Gasteiger partial charge < -0.3 is 15.0 Å². The lowest BCUT2D eigenvalue weighted by Gasteiger charge is -2.28. The molecule has 3 rings (SSSR count). The Balaban J connectivity index is 1.58. The van der Waals surface area contributed by atoms with Gasteiger partial charge in [-0.1, -0.05) is 6.07 Å². The van der Waals surface area contributed by atoms with Gasteiger partial charge in [-0.15, -0.1) is 0 Å². The molecule has 1 aromatic heterocycles. The van der Waals surface area contributed by atoms with Gasteiger partial charge in [-0.05, 0) is 46.7 Å². The van der Waals surface area contributed by atoms with Crippen molar-refractivity contribution in [2.75, 3.05) is 26.7 Å². The highest BCUT2D eigenvalue weighted by molar-refractivity contribution is 5.82. The molecule has 1 amide bonds. The molecular weight excluding hydrogens is 290 g/mol. The van der Waals surface area contributed by atoms with Crippen molar-refractivity contribution in [2.45, 2.75) is 39.7 Å². The standard InChI is InChI=1S/C18H27N3O2/c1-13-6-5-9-19-15(13)23-12-17(2,3)16(22)20-14-10-21(4)11-18(14)7-8-18/h5-6,9,14H,7-8,10-12H2,1-4H3,(H,20,22). The molecule has 1 aromatic rings. The van der Waals surface area contributed by atoms with Gasteiger partial charge in [-0.25, -0.2) is 4.98 Å². The first-order chi connectivity index (χ1) is 10.8. The number of likely N-dealkylation sites (N-methyl/N-ethyl adjacent to an activating group) is 1. The van der Waals surface area contributed by atoms with Gasteiger partial charge in [0.25, 0.3) is 0 Å². The van der Waals surface area contributed by atoms with Crippen LogP contribution in [0.25, 0.3) is 0 Å². The number of hydrogen-bond donors (Lipinski definition) is 1. The Labute approximate surface area is 138 Å². The Morgan fingerprint density at radius 3 is 2.91 bits per heavy atom. The van der Waals surface area contributed by atoms with Crippen LogP contribution in [0.4, 0.5) is 0 Å². The molecule has 1 saturated carbocycles. The second-order valence-corrected chi connectivity index (χ2v) is 7.88. The van der Waals surface area contributed by atoms with E-state index in [-0.39, 0.29) is 11.9 Å². The van der Waals surface area contributed by atoms with Gasteiger partial charge in [0.2, 0.25) is 11.8 Å². The van der Waals surface area contributed by atoms with E-state index >= 15 is 0 Å². The van der Waals surface area contributed by atoms with Crippen molar-refractivity contribution in [3.05, 3.63) is 23.9 Å². The fourth-order valence-electron chi connectivity index (χ4n) is 3.37. The Bertz CT molecular complexity index is 596. The van der Waals surface area contributed by atoms with Crippen LogP contribution in [0, 0.1) is 17.8 Å². The predicted molar refractivity (Wildman–Crippen MR) is 89.3 cm³/mol. The molecule has 2 fully saturated rings. The van der Waals surface area contributed by atoms with Crippen molar-refractivity contribution in [3.8, 4) is 5.88 Å². The fourth-order valence-corrected chi connectivity index (χ4v) is 3.37. The fraction of sp³-hybridized carbons (Fsp3) is 0.667. The van der Waals surface area contributed by atoms with Gasteiger partial charge in [0.1, 0.15) is 6.61 Å². The Kier molecular flexibility index (Phi) is 4.08. The van der Waals surface area contributed by atoms with E-state index in [1.165, 1.54) is 12.8 Å². The summed E-state index contributed by atoms with van der Waals surface area (Å²) in [5, 5.41) is 3.27. The molecule has 1 aliphatic carbocycles. The van der Waals surface area contributed by atoms with Crippen molar-refractivity contribution < 1.29 is 9.53 Å². The third-order valence-electron chi connectivity index (χ3n) is 5.16. The lowest BCUT2D eigenvalue weighted by Crippen LogP contribution is -2.48. The highest BCUT2D eigenvalue weighted by Gasteiger charge is 2.55. The smallest absolute Gasteiger partial charge is 0.229 e. The molecule has 2 aliphatic rings.